The lowest BCUT2D eigenvalue weighted by Gasteiger charge is -2.33. The predicted molar refractivity (Wildman–Crippen MR) is 134 cm³/mol. The number of aryl methyl sites for hydroxylation is 1. The van der Waals surface area contributed by atoms with Crippen LogP contribution in [0.5, 0.6) is 0 Å². The van der Waals surface area contributed by atoms with Gasteiger partial charge in [-0.25, -0.2) is 17.2 Å². The summed E-state index contributed by atoms with van der Waals surface area (Å²) in [6, 6.07) is 13.4. The number of ether oxygens (including phenoxy) is 2. The van der Waals surface area contributed by atoms with Crippen molar-refractivity contribution in [1.29, 1.82) is 0 Å². The Morgan fingerprint density at radius 3 is 2.43 bits per heavy atom. The van der Waals surface area contributed by atoms with E-state index in [-0.39, 0.29) is 11.5 Å². The van der Waals surface area contributed by atoms with Gasteiger partial charge in [0.15, 0.2) is 0 Å². The van der Waals surface area contributed by atoms with E-state index in [4.69, 9.17) is 9.47 Å². The number of carbonyl (C=O) groups excluding carboxylic acids is 1. The van der Waals surface area contributed by atoms with Crippen LogP contribution in [0.3, 0.4) is 0 Å². The van der Waals surface area contributed by atoms with Gasteiger partial charge in [-0.2, -0.15) is 0 Å². The predicted octanol–water partition coefficient (Wildman–Crippen LogP) is 4.91. The van der Waals surface area contributed by atoms with E-state index in [0.29, 0.717) is 16.5 Å². The van der Waals surface area contributed by atoms with Crippen LogP contribution in [-0.2, 0) is 19.5 Å². The molecule has 0 aliphatic carbocycles. The van der Waals surface area contributed by atoms with E-state index >= 15 is 0 Å². The molecule has 0 unspecified atom stereocenters. The molecule has 3 aromatic rings. The van der Waals surface area contributed by atoms with Crippen LogP contribution >= 0.6 is 0 Å². The summed E-state index contributed by atoms with van der Waals surface area (Å²) in [7, 11) is -3.82. The molecule has 0 spiro atoms. The van der Waals surface area contributed by atoms with Crippen molar-refractivity contribution in [1.82, 2.24) is 8.87 Å². The number of aromatic nitrogens is 1. The second-order valence-corrected chi connectivity index (χ2v) is 11.9. The second kappa shape index (κ2) is 8.74. The average molecular weight is 495 g/mol. The van der Waals surface area contributed by atoms with Gasteiger partial charge in [0.25, 0.3) is 10.0 Å². The zero-order valence-corrected chi connectivity index (χ0v) is 21.6. The first-order chi connectivity index (χ1) is 16.3. The zero-order valence-electron chi connectivity index (χ0n) is 20.8. The minimum Gasteiger partial charge on any atom is -0.444 e. The Morgan fingerprint density at radius 1 is 1.11 bits per heavy atom. The minimum absolute atomic E-state index is 0.199. The number of rotatable bonds is 2. The fourth-order valence-corrected chi connectivity index (χ4v) is 5.37. The molecule has 1 aliphatic rings. The highest BCUT2D eigenvalue weighted by Crippen LogP contribution is 2.30. The van der Waals surface area contributed by atoms with E-state index in [1.54, 1.807) is 71.0 Å². The molecule has 0 bridgehead atoms. The smallest absolute Gasteiger partial charge is 0.413 e. The van der Waals surface area contributed by atoms with Crippen LogP contribution in [0.25, 0.3) is 10.9 Å². The summed E-state index contributed by atoms with van der Waals surface area (Å²) in [6.45, 7) is 11.1. The van der Waals surface area contributed by atoms with Crippen LogP contribution in [0.1, 0.15) is 45.7 Å². The summed E-state index contributed by atoms with van der Waals surface area (Å²) >= 11 is 0. The van der Waals surface area contributed by atoms with E-state index in [1.165, 1.54) is 15.1 Å². The largest absolute Gasteiger partial charge is 0.444 e. The molecule has 1 saturated heterocycles. The SMILES string of the molecule is Cc1ccc(S(=O)(=O)n2cc(C#C[C@@H]3COC(C)(C)N3C(=O)OC(C)(C)C)c3ccccc32)cc1. The lowest BCUT2D eigenvalue weighted by Crippen LogP contribution is -2.49. The third-order valence-electron chi connectivity index (χ3n) is 5.71. The topological polar surface area (TPSA) is 77.8 Å². The summed E-state index contributed by atoms with van der Waals surface area (Å²) in [5.74, 6) is 6.22. The van der Waals surface area contributed by atoms with Gasteiger partial charge in [0.1, 0.15) is 17.4 Å². The van der Waals surface area contributed by atoms with E-state index < -0.39 is 33.5 Å². The Balaban J connectivity index is 1.75. The average Bonchev–Trinajstić information content (AvgIpc) is 3.28. The van der Waals surface area contributed by atoms with E-state index in [1.807, 2.05) is 19.1 Å². The molecule has 4 rings (SSSR count). The highest BCUT2D eigenvalue weighted by molar-refractivity contribution is 7.90. The summed E-state index contributed by atoms with van der Waals surface area (Å²) in [5, 5.41) is 0.706. The van der Waals surface area contributed by atoms with Crippen molar-refractivity contribution in [3.8, 4) is 11.8 Å². The normalized spacial score (nSPS) is 17.8. The zero-order chi connectivity index (χ0) is 25.6. The number of carbonyl (C=O) groups is 1. The Bertz CT molecular complexity index is 1430. The summed E-state index contributed by atoms with van der Waals surface area (Å²) in [6.07, 6.45) is 1.02. The maximum atomic E-state index is 13.4. The molecule has 184 valence electrons. The van der Waals surface area contributed by atoms with Crippen LogP contribution in [0.15, 0.2) is 59.6 Å². The molecule has 0 N–H and O–H groups in total. The standard InChI is InChI=1S/C27H30N2O5S/c1-19-11-15-22(16-12-19)35(31,32)28-17-20(23-9-7-8-10-24(23)28)13-14-21-18-33-27(5,6)29(21)25(30)34-26(2,3)4/h7-12,15-17,21H,18H2,1-6H3/t21-/m1/s1. The molecule has 1 atom stereocenters. The van der Waals surface area contributed by atoms with Crippen LogP contribution in [0, 0.1) is 18.8 Å². The minimum atomic E-state index is -3.82. The van der Waals surface area contributed by atoms with Crippen LogP contribution in [0.2, 0.25) is 0 Å². The Kier molecular flexibility index (Phi) is 6.20. The van der Waals surface area contributed by atoms with Gasteiger partial charge in [-0.15, -0.1) is 0 Å². The van der Waals surface area contributed by atoms with Crippen LogP contribution in [0.4, 0.5) is 4.79 Å². The molecular formula is C27H30N2O5S. The maximum absolute atomic E-state index is 13.4. The van der Waals surface area contributed by atoms with Gasteiger partial charge in [-0.3, -0.25) is 4.90 Å². The van der Waals surface area contributed by atoms with Crippen molar-refractivity contribution in [2.45, 2.75) is 63.8 Å². The number of nitrogens with zero attached hydrogens (tertiary/aromatic N) is 2. The first-order valence-electron chi connectivity index (χ1n) is 11.4. The Hall–Kier alpha value is -3.28. The molecule has 1 fully saturated rings. The molecule has 0 radical (unpaired) electrons. The molecule has 2 heterocycles. The lowest BCUT2D eigenvalue weighted by atomic mass is 10.1. The van der Waals surface area contributed by atoms with Crippen molar-refractivity contribution >= 4 is 27.0 Å². The Morgan fingerprint density at radius 2 is 1.77 bits per heavy atom. The molecule has 2 aromatic carbocycles. The van der Waals surface area contributed by atoms with Gasteiger partial charge in [-0.05, 0) is 59.7 Å². The first kappa shape index (κ1) is 24.8. The van der Waals surface area contributed by atoms with Gasteiger partial charge < -0.3 is 9.47 Å². The van der Waals surface area contributed by atoms with Crippen LogP contribution < -0.4 is 0 Å². The monoisotopic (exact) mass is 494 g/mol. The molecule has 1 aromatic heterocycles. The van der Waals surface area contributed by atoms with Crippen molar-refractivity contribution in [3.05, 3.63) is 65.9 Å². The molecule has 8 heteroatoms. The molecule has 1 amide bonds. The molecule has 35 heavy (non-hydrogen) atoms. The van der Waals surface area contributed by atoms with E-state index in [0.717, 1.165) is 5.56 Å². The number of hydrogen-bond donors (Lipinski definition) is 0. The van der Waals surface area contributed by atoms with Crippen molar-refractivity contribution in [3.63, 3.8) is 0 Å². The molecular weight excluding hydrogens is 464 g/mol. The van der Waals surface area contributed by atoms with Crippen molar-refractivity contribution in [2.75, 3.05) is 6.61 Å². The van der Waals surface area contributed by atoms with Gasteiger partial charge in [0, 0.05) is 11.6 Å². The lowest BCUT2D eigenvalue weighted by molar-refractivity contribution is -0.0608. The number of hydrogen-bond acceptors (Lipinski definition) is 5. The fraction of sp³-hybridized carbons (Fsp3) is 0.370. The van der Waals surface area contributed by atoms with Gasteiger partial charge in [0.05, 0.1) is 22.6 Å². The highest BCUT2D eigenvalue weighted by Gasteiger charge is 2.45. The van der Waals surface area contributed by atoms with Crippen molar-refractivity contribution < 1.29 is 22.7 Å². The summed E-state index contributed by atoms with van der Waals surface area (Å²) in [4.78, 5) is 14.6. The van der Waals surface area contributed by atoms with E-state index in [9.17, 15) is 13.2 Å². The van der Waals surface area contributed by atoms with Crippen LogP contribution in [-0.4, -0.2) is 47.4 Å². The van der Waals surface area contributed by atoms with Gasteiger partial charge in [-0.1, -0.05) is 47.7 Å². The molecule has 1 aliphatic heterocycles. The number of fused-ring (bicyclic) bond motifs is 1. The maximum Gasteiger partial charge on any atom is 0.413 e. The highest BCUT2D eigenvalue weighted by atomic mass is 32.2. The third kappa shape index (κ3) is 4.93. The first-order valence-corrected chi connectivity index (χ1v) is 12.8. The third-order valence-corrected chi connectivity index (χ3v) is 7.39. The number of para-hydroxylation sites is 1. The van der Waals surface area contributed by atoms with Gasteiger partial charge in [0.2, 0.25) is 0 Å². The number of benzene rings is 2. The molecule has 7 nitrogen and oxygen atoms in total. The Labute approximate surface area is 206 Å². The summed E-state index contributed by atoms with van der Waals surface area (Å²) < 4.78 is 39.5. The van der Waals surface area contributed by atoms with E-state index in [2.05, 4.69) is 11.8 Å². The quantitative estimate of drug-likeness (QED) is 0.473. The summed E-state index contributed by atoms with van der Waals surface area (Å²) in [5.41, 5.74) is 0.509. The van der Waals surface area contributed by atoms with Gasteiger partial charge >= 0.3 is 6.09 Å². The fourth-order valence-electron chi connectivity index (χ4n) is 4.00. The number of amides is 1. The molecule has 0 saturated carbocycles. The second-order valence-electron chi connectivity index (χ2n) is 10.1. The van der Waals surface area contributed by atoms with Crippen molar-refractivity contribution in [2.24, 2.45) is 0 Å².